The number of amides is 2. The molecule has 1 fully saturated rings. The van der Waals surface area contributed by atoms with E-state index in [0.29, 0.717) is 6.42 Å². The molecule has 28 heavy (non-hydrogen) atoms. The number of benzene rings is 2. The molecule has 1 unspecified atom stereocenters. The van der Waals surface area contributed by atoms with Crippen LogP contribution in [-0.2, 0) is 17.6 Å². The van der Waals surface area contributed by atoms with Crippen LogP contribution in [0.4, 0.5) is 4.79 Å². The van der Waals surface area contributed by atoms with Gasteiger partial charge in [0.05, 0.1) is 17.8 Å². The Hall–Kier alpha value is -3.05. The van der Waals surface area contributed by atoms with Gasteiger partial charge in [-0.25, -0.2) is 0 Å². The highest BCUT2D eigenvalue weighted by Gasteiger charge is 2.33. The second kappa shape index (κ2) is 6.84. The molecule has 0 saturated carbocycles. The SMILES string of the molecule is O=C1NC(=O)C(Cc2c(Cc3ccc4ccccc4c3)cc3coccc2-3)S1. The number of carbonyl (C=O) groups is 2. The van der Waals surface area contributed by atoms with Crippen LogP contribution < -0.4 is 5.32 Å². The molecule has 1 saturated heterocycles. The van der Waals surface area contributed by atoms with Crippen molar-refractivity contribution in [3.05, 3.63) is 83.8 Å². The minimum atomic E-state index is -0.384. The molecule has 2 aromatic carbocycles. The molecule has 3 aliphatic rings. The molecule has 4 nitrogen and oxygen atoms in total. The van der Waals surface area contributed by atoms with Crippen LogP contribution in [0.2, 0.25) is 0 Å². The van der Waals surface area contributed by atoms with Crippen molar-refractivity contribution >= 4 is 33.7 Å². The van der Waals surface area contributed by atoms with Crippen LogP contribution >= 0.6 is 11.8 Å². The van der Waals surface area contributed by atoms with Crippen LogP contribution in [0.3, 0.4) is 0 Å². The summed E-state index contributed by atoms with van der Waals surface area (Å²) >= 11 is 1.07. The molecule has 0 radical (unpaired) electrons. The fraction of sp³-hybridized carbons (Fsp3) is 0.130. The van der Waals surface area contributed by atoms with Gasteiger partial charge in [0.2, 0.25) is 5.91 Å². The molecule has 1 N–H and O–H groups in total. The molecule has 2 amide bonds. The van der Waals surface area contributed by atoms with Crippen LogP contribution in [0.1, 0.15) is 16.7 Å². The Morgan fingerprint density at radius 3 is 2.68 bits per heavy atom. The number of rotatable bonds is 4. The number of hydrogen-bond acceptors (Lipinski definition) is 4. The van der Waals surface area contributed by atoms with Crippen LogP contribution in [0.15, 0.2) is 71.5 Å². The van der Waals surface area contributed by atoms with E-state index in [9.17, 15) is 9.59 Å². The molecule has 1 aliphatic carbocycles. The van der Waals surface area contributed by atoms with Gasteiger partial charge in [0, 0.05) is 5.56 Å². The molecule has 2 aliphatic heterocycles. The Balaban J connectivity index is 1.53. The molecule has 138 valence electrons. The van der Waals surface area contributed by atoms with Crippen molar-refractivity contribution in [2.75, 3.05) is 0 Å². The van der Waals surface area contributed by atoms with Crippen molar-refractivity contribution in [3.8, 4) is 11.1 Å². The number of imide groups is 1. The maximum Gasteiger partial charge on any atom is 0.286 e. The fourth-order valence-corrected chi connectivity index (χ4v) is 4.73. The summed E-state index contributed by atoms with van der Waals surface area (Å²) in [5.41, 5.74) is 5.59. The average molecular weight is 387 g/mol. The summed E-state index contributed by atoms with van der Waals surface area (Å²) in [5, 5.41) is 4.16. The van der Waals surface area contributed by atoms with E-state index >= 15 is 0 Å². The molecular weight excluding hydrogens is 370 g/mol. The lowest BCUT2D eigenvalue weighted by Gasteiger charge is -2.10. The quantitative estimate of drug-likeness (QED) is 0.534. The molecular formula is C23H17NO3S. The first-order chi connectivity index (χ1) is 13.7. The Labute approximate surface area is 166 Å². The number of fused-ring (bicyclic) bond motifs is 2. The highest BCUT2D eigenvalue weighted by atomic mass is 32.2. The van der Waals surface area contributed by atoms with E-state index in [1.807, 2.05) is 18.2 Å². The van der Waals surface area contributed by atoms with Crippen LogP contribution in [0.5, 0.6) is 0 Å². The third-order valence-corrected chi connectivity index (χ3v) is 6.21. The second-order valence-electron chi connectivity index (χ2n) is 7.02. The standard InChI is InChI=1S/C23H17NO3S/c25-22-21(28-23(26)24-22)12-20-17(11-18-13-27-8-7-19(18)20)10-14-5-6-15-3-1-2-4-16(15)9-14/h1-9,11,13,21H,10,12H2,(H,24,25,26). The molecule has 5 rings (SSSR count). The van der Waals surface area contributed by atoms with Gasteiger partial charge in [0.1, 0.15) is 0 Å². The van der Waals surface area contributed by atoms with E-state index < -0.39 is 0 Å². The van der Waals surface area contributed by atoms with Gasteiger partial charge in [0.25, 0.3) is 5.24 Å². The normalized spacial score (nSPS) is 16.8. The van der Waals surface area contributed by atoms with E-state index in [-0.39, 0.29) is 16.4 Å². The molecule has 5 heteroatoms. The van der Waals surface area contributed by atoms with Crippen molar-refractivity contribution in [2.24, 2.45) is 0 Å². The molecule has 0 spiro atoms. The van der Waals surface area contributed by atoms with Gasteiger partial charge >= 0.3 is 0 Å². The van der Waals surface area contributed by atoms with Gasteiger partial charge in [-0.1, -0.05) is 54.2 Å². The summed E-state index contributed by atoms with van der Waals surface area (Å²) in [6.45, 7) is 0. The first-order valence-corrected chi connectivity index (χ1v) is 10.0. The van der Waals surface area contributed by atoms with E-state index in [2.05, 4.69) is 41.7 Å². The second-order valence-corrected chi connectivity index (χ2v) is 8.19. The first-order valence-electron chi connectivity index (χ1n) is 9.13. The maximum absolute atomic E-state index is 12.1. The number of hydrogen-bond donors (Lipinski definition) is 1. The molecule has 2 aromatic rings. The lowest BCUT2D eigenvalue weighted by atomic mass is 9.97. The fourth-order valence-electron chi connectivity index (χ4n) is 3.89. The van der Waals surface area contributed by atoms with Crippen LogP contribution in [0.25, 0.3) is 21.9 Å². The Kier molecular flexibility index (Phi) is 4.17. The maximum atomic E-state index is 12.1. The predicted octanol–water partition coefficient (Wildman–Crippen LogP) is 5.02. The third-order valence-electron chi connectivity index (χ3n) is 5.23. The topological polar surface area (TPSA) is 59.3 Å². The highest BCUT2D eigenvalue weighted by Crippen LogP contribution is 2.36. The van der Waals surface area contributed by atoms with Gasteiger partial charge in [0.15, 0.2) is 0 Å². The average Bonchev–Trinajstić information content (AvgIpc) is 3.21. The minimum absolute atomic E-state index is 0.207. The van der Waals surface area contributed by atoms with Crippen LogP contribution in [0, 0.1) is 0 Å². The zero-order chi connectivity index (χ0) is 19.1. The van der Waals surface area contributed by atoms with E-state index in [0.717, 1.165) is 34.9 Å². The minimum Gasteiger partial charge on any atom is -0.472 e. The largest absolute Gasteiger partial charge is 0.472 e. The van der Waals surface area contributed by atoms with Crippen molar-refractivity contribution in [1.82, 2.24) is 5.32 Å². The zero-order valence-electron chi connectivity index (χ0n) is 15.0. The van der Waals surface area contributed by atoms with Crippen LogP contribution in [-0.4, -0.2) is 16.4 Å². The van der Waals surface area contributed by atoms with Gasteiger partial charge < -0.3 is 4.42 Å². The van der Waals surface area contributed by atoms with Crippen molar-refractivity contribution in [1.29, 1.82) is 0 Å². The summed E-state index contributed by atoms with van der Waals surface area (Å²) in [7, 11) is 0. The third kappa shape index (κ3) is 3.08. The summed E-state index contributed by atoms with van der Waals surface area (Å²) in [6, 6.07) is 18.9. The monoisotopic (exact) mass is 387 g/mol. The first kappa shape index (κ1) is 17.1. The van der Waals surface area contributed by atoms with Crippen molar-refractivity contribution < 1.29 is 14.0 Å². The lowest BCUT2D eigenvalue weighted by molar-refractivity contribution is -0.118. The Bertz CT molecular complexity index is 1180. The summed E-state index contributed by atoms with van der Waals surface area (Å²) in [5.74, 6) is -0.207. The lowest BCUT2D eigenvalue weighted by Crippen LogP contribution is -2.25. The predicted molar refractivity (Wildman–Crippen MR) is 111 cm³/mol. The number of carbonyl (C=O) groups excluding carboxylic acids is 2. The van der Waals surface area contributed by atoms with Gasteiger partial charge in [-0.2, -0.15) is 0 Å². The van der Waals surface area contributed by atoms with Gasteiger partial charge in [-0.15, -0.1) is 0 Å². The molecule has 2 heterocycles. The Morgan fingerprint density at radius 1 is 1.00 bits per heavy atom. The number of nitrogens with one attached hydrogen (secondary N) is 1. The van der Waals surface area contributed by atoms with E-state index in [1.165, 1.54) is 21.9 Å². The van der Waals surface area contributed by atoms with Crippen molar-refractivity contribution in [3.63, 3.8) is 0 Å². The molecule has 1 atom stereocenters. The van der Waals surface area contributed by atoms with E-state index in [1.54, 1.807) is 12.5 Å². The zero-order valence-corrected chi connectivity index (χ0v) is 15.8. The van der Waals surface area contributed by atoms with Crippen molar-refractivity contribution in [2.45, 2.75) is 18.1 Å². The smallest absolute Gasteiger partial charge is 0.286 e. The van der Waals surface area contributed by atoms with Gasteiger partial charge in [-0.05, 0) is 58.0 Å². The summed E-state index contributed by atoms with van der Waals surface area (Å²) in [6.07, 6.45) is 4.68. The highest BCUT2D eigenvalue weighted by molar-refractivity contribution is 8.15. The molecule has 0 aromatic heterocycles. The summed E-state index contributed by atoms with van der Waals surface area (Å²) < 4.78 is 5.34. The summed E-state index contributed by atoms with van der Waals surface area (Å²) in [4.78, 5) is 23.7. The Morgan fingerprint density at radius 2 is 1.86 bits per heavy atom. The molecule has 0 bridgehead atoms. The van der Waals surface area contributed by atoms with Gasteiger partial charge in [-0.3, -0.25) is 14.9 Å². The number of thioether (sulfide) groups is 1. The van der Waals surface area contributed by atoms with E-state index in [4.69, 9.17) is 4.42 Å².